The fourth-order valence-electron chi connectivity index (χ4n) is 6.53. The molecule has 2 aliphatic carbocycles. The normalized spacial score (nSPS) is 15.4. The van der Waals surface area contributed by atoms with Crippen LogP contribution in [0.1, 0.15) is 91.6 Å². The lowest BCUT2D eigenvalue weighted by molar-refractivity contribution is -0.158. The van der Waals surface area contributed by atoms with Crippen molar-refractivity contribution in [2.45, 2.75) is 88.1 Å². The number of aromatic nitrogens is 4. The number of carbonyl (C=O) groups is 2. The molecule has 2 aliphatic rings. The number of hydrogen-bond acceptors (Lipinski definition) is 9. The number of ether oxygens (including phenoxy) is 1. The second-order valence-electron chi connectivity index (χ2n) is 15.9. The molecule has 60 heavy (non-hydrogen) atoms. The summed E-state index contributed by atoms with van der Waals surface area (Å²) in [5.74, 6) is -0.591. The molecule has 0 bridgehead atoms. The van der Waals surface area contributed by atoms with Crippen LogP contribution in [0.15, 0.2) is 106 Å². The summed E-state index contributed by atoms with van der Waals surface area (Å²) in [6.07, 6.45) is -5.91. The average Bonchev–Trinajstić information content (AvgIpc) is 4.08. The highest BCUT2D eigenvalue weighted by molar-refractivity contribution is 5.85. The molecule has 0 spiro atoms. The molecule has 0 amide bonds. The number of carboxylic acids is 1. The van der Waals surface area contributed by atoms with Gasteiger partial charge in [-0.05, 0) is 118 Å². The number of rotatable bonds is 10. The first-order valence-corrected chi connectivity index (χ1v) is 18.9. The summed E-state index contributed by atoms with van der Waals surface area (Å²) in [5, 5.41) is 25.5. The Morgan fingerprint density at radius 1 is 0.600 bits per heavy atom. The molecule has 2 fully saturated rings. The fourth-order valence-corrected chi connectivity index (χ4v) is 6.53. The number of carbonyl (C=O) groups excluding carboxylic acids is 1. The van der Waals surface area contributed by atoms with Gasteiger partial charge in [-0.15, -0.1) is 20.4 Å². The van der Waals surface area contributed by atoms with Crippen LogP contribution in [0.4, 0.5) is 26.3 Å². The van der Waals surface area contributed by atoms with Crippen molar-refractivity contribution in [2.24, 2.45) is 0 Å². The second kappa shape index (κ2) is 15.7. The van der Waals surface area contributed by atoms with Crippen LogP contribution in [-0.2, 0) is 50.4 Å². The van der Waals surface area contributed by atoms with E-state index in [4.69, 9.17) is 13.6 Å². The SMILES string of the molecule is CC(C)(C)OC(=O)C1(c2nnc(-c3ccccc3Cc3ccc(C(F)(F)F)cc3)o2)CC1.O=C(O)C1(c2nnc(-c3ccccc3Cc3ccc(C(F)(F)F)cc3)o2)CC1. The summed E-state index contributed by atoms with van der Waals surface area (Å²) in [6, 6.07) is 24.5. The minimum Gasteiger partial charge on any atom is -0.480 e. The van der Waals surface area contributed by atoms with Gasteiger partial charge >= 0.3 is 24.3 Å². The Morgan fingerprint density at radius 2 is 0.983 bits per heavy atom. The van der Waals surface area contributed by atoms with E-state index in [1.807, 2.05) is 30.3 Å². The lowest BCUT2D eigenvalue weighted by Gasteiger charge is -2.22. The summed E-state index contributed by atoms with van der Waals surface area (Å²) >= 11 is 0. The predicted molar refractivity (Wildman–Crippen MR) is 203 cm³/mol. The van der Waals surface area contributed by atoms with E-state index in [0.29, 0.717) is 55.2 Å². The maximum atomic E-state index is 12.8. The van der Waals surface area contributed by atoms with Gasteiger partial charge in [-0.25, -0.2) is 0 Å². The van der Waals surface area contributed by atoms with Crippen LogP contribution in [0.5, 0.6) is 0 Å². The Labute approximate surface area is 339 Å². The molecule has 0 atom stereocenters. The lowest BCUT2D eigenvalue weighted by Crippen LogP contribution is -2.32. The van der Waals surface area contributed by atoms with Gasteiger partial charge in [0.25, 0.3) is 0 Å². The van der Waals surface area contributed by atoms with Crippen molar-refractivity contribution in [2.75, 3.05) is 0 Å². The van der Waals surface area contributed by atoms with E-state index in [9.17, 15) is 41.0 Å². The zero-order chi connectivity index (χ0) is 43.1. The quantitative estimate of drug-likeness (QED) is 0.105. The topological polar surface area (TPSA) is 141 Å². The number of carboxylic acid groups (broad SMARTS) is 1. The van der Waals surface area contributed by atoms with Gasteiger partial charge < -0.3 is 18.7 Å². The van der Waals surface area contributed by atoms with Crippen molar-refractivity contribution in [3.63, 3.8) is 0 Å². The van der Waals surface area contributed by atoms with Gasteiger partial charge in [-0.2, -0.15) is 26.3 Å². The largest absolute Gasteiger partial charge is 0.480 e. The van der Waals surface area contributed by atoms with Gasteiger partial charge in [0, 0.05) is 11.1 Å². The third kappa shape index (κ3) is 9.11. The minimum absolute atomic E-state index is 0.0827. The first kappa shape index (κ1) is 41.8. The molecule has 8 rings (SSSR count). The smallest absolute Gasteiger partial charge is 0.416 e. The van der Waals surface area contributed by atoms with Crippen molar-refractivity contribution >= 4 is 11.9 Å². The van der Waals surface area contributed by atoms with E-state index >= 15 is 0 Å². The Balaban J connectivity index is 0.000000183. The third-order valence-corrected chi connectivity index (χ3v) is 10.2. The van der Waals surface area contributed by atoms with Gasteiger partial charge in [0.05, 0.1) is 11.1 Å². The minimum atomic E-state index is -4.38. The molecule has 0 aliphatic heterocycles. The van der Waals surface area contributed by atoms with Crippen LogP contribution in [-0.4, -0.2) is 43.0 Å². The monoisotopic (exact) mass is 832 g/mol. The number of nitrogens with zero attached hydrogens (tertiary/aromatic N) is 4. The number of hydrogen-bond donors (Lipinski definition) is 1. The third-order valence-electron chi connectivity index (χ3n) is 10.2. The van der Waals surface area contributed by atoms with E-state index in [1.54, 1.807) is 39.0 Å². The maximum absolute atomic E-state index is 12.8. The molecule has 6 aromatic rings. The molecule has 2 saturated carbocycles. The first-order chi connectivity index (χ1) is 28.3. The van der Waals surface area contributed by atoms with E-state index < -0.39 is 45.9 Å². The van der Waals surface area contributed by atoms with E-state index in [2.05, 4.69) is 20.4 Å². The number of halogens is 6. The molecule has 2 heterocycles. The van der Waals surface area contributed by atoms with Crippen LogP contribution < -0.4 is 0 Å². The Kier molecular flexibility index (Phi) is 10.9. The van der Waals surface area contributed by atoms with Gasteiger partial charge in [0.1, 0.15) is 16.4 Å². The molecule has 4 aromatic carbocycles. The van der Waals surface area contributed by atoms with Crippen molar-refractivity contribution in [1.29, 1.82) is 0 Å². The Morgan fingerprint density at radius 3 is 1.33 bits per heavy atom. The van der Waals surface area contributed by atoms with Gasteiger partial charge in [0.15, 0.2) is 0 Å². The molecule has 0 saturated heterocycles. The number of benzene rings is 4. The average molecular weight is 833 g/mol. The first-order valence-electron chi connectivity index (χ1n) is 18.9. The zero-order valence-corrected chi connectivity index (χ0v) is 32.5. The highest BCUT2D eigenvalue weighted by Gasteiger charge is 2.58. The predicted octanol–water partition coefficient (Wildman–Crippen LogP) is 10.2. The van der Waals surface area contributed by atoms with E-state index in [-0.39, 0.29) is 29.5 Å². The summed E-state index contributed by atoms with van der Waals surface area (Å²) in [4.78, 5) is 24.1. The Hall–Kier alpha value is -6.32. The van der Waals surface area contributed by atoms with Gasteiger partial charge in [-0.1, -0.05) is 60.7 Å². The number of esters is 1. The molecule has 2 aromatic heterocycles. The number of aliphatic carboxylic acids is 1. The zero-order valence-electron chi connectivity index (χ0n) is 32.5. The molecular weight excluding hydrogens is 794 g/mol. The van der Waals surface area contributed by atoms with E-state index in [1.165, 1.54) is 24.3 Å². The molecule has 312 valence electrons. The summed E-state index contributed by atoms with van der Waals surface area (Å²) in [6.45, 7) is 5.41. The fraction of sp³-hybridized carbons (Fsp3) is 0.318. The maximum Gasteiger partial charge on any atom is 0.416 e. The summed E-state index contributed by atoms with van der Waals surface area (Å²) < 4.78 is 93.7. The summed E-state index contributed by atoms with van der Waals surface area (Å²) in [5.41, 5.74) is 0.332. The van der Waals surface area contributed by atoms with Crippen molar-refractivity contribution in [1.82, 2.24) is 20.4 Å². The van der Waals surface area contributed by atoms with Gasteiger partial charge in [0.2, 0.25) is 23.6 Å². The molecular formula is C44H38F6N4O6. The highest BCUT2D eigenvalue weighted by Crippen LogP contribution is 2.50. The van der Waals surface area contributed by atoms with Crippen molar-refractivity contribution in [3.05, 3.63) is 142 Å². The standard InChI is InChI=1S/C24H23F3N2O3.C20H15F3N2O3/c1-22(2,3)32-21(30)23(12-13-23)20-29-28-19(31-20)18-7-5-4-6-16(18)14-15-8-10-17(11-9-15)24(25,26)27;21-20(22,23)14-7-5-12(6-8-14)11-13-3-1-2-4-15(13)16-24-25-17(28-16)19(9-10-19)18(26)27/h4-11H,12-14H2,1-3H3;1-8H,9-11H2,(H,26,27). The van der Waals surface area contributed by atoms with E-state index in [0.717, 1.165) is 41.0 Å². The molecule has 16 heteroatoms. The summed E-state index contributed by atoms with van der Waals surface area (Å²) in [7, 11) is 0. The van der Waals surface area contributed by atoms with Gasteiger partial charge in [-0.3, -0.25) is 9.59 Å². The molecule has 10 nitrogen and oxygen atoms in total. The second-order valence-corrected chi connectivity index (χ2v) is 15.9. The van der Waals surface area contributed by atoms with Crippen LogP contribution >= 0.6 is 0 Å². The van der Waals surface area contributed by atoms with Crippen LogP contribution in [0.25, 0.3) is 22.9 Å². The molecule has 0 unspecified atom stereocenters. The number of alkyl halides is 6. The van der Waals surface area contributed by atoms with Crippen LogP contribution in [0, 0.1) is 0 Å². The van der Waals surface area contributed by atoms with Crippen LogP contribution in [0.2, 0.25) is 0 Å². The lowest BCUT2D eigenvalue weighted by atomic mass is 9.99. The highest BCUT2D eigenvalue weighted by atomic mass is 19.4. The Bertz CT molecular complexity index is 2490. The van der Waals surface area contributed by atoms with Crippen LogP contribution in [0.3, 0.4) is 0 Å². The molecule has 1 N–H and O–H groups in total. The molecule has 0 radical (unpaired) electrons. The van der Waals surface area contributed by atoms with Crippen molar-refractivity contribution in [3.8, 4) is 22.9 Å². The van der Waals surface area contributed by atoms with Crippen molar-refractivity contribution < 1.29 is 54.6 Å².